The fourth-order valence-corrected chi connectivity index (χ4v) is 3.30. The summed E-state index contributed by atoms with van der Waals surface area (Å²) >= 11 is 1.80. The highest BCUT2D eigenvalue weighted by Crippen LogP contribution is 2.21. The van der Waals surface area contributed by atoms with Crippen LogP contribution in [0.15, 0.2) is 11.2 Å². The largest absolute Gasteiger partial charge is 0.317 e. The van der Waals surface area contributed by atoms with Gasteiger partial charge in [-0.25, -0.2) is 9.97 Å². The molecule has 18 heavy (non-hydrogen) atoms. The summed E-state index contributed by atoms with van der Waals surface area (Å²) in [5.74, 6) is 2.04. The normalized spacial score (nSPS) is 16.3. The van der Waals surface area contributed by atoms with Gasteiger partial charge in [0, 0.05) is 17.1 Å². The molecule has 0 unspecified atom stereocenters. The maximum absolute atomic E-state index is 4.46. The highest BCUT2D eigenvalue weighted by atomic mass is 35.5. The summed E-state index contributed by atoms with van der Waals surface area (Å²) in [6.45, 7) is 6.45. The molecule has 0 spiro atoms. The molecule has 0 amide bonds. The van der Waals surface area contributed by atoms with Crippen molar-refractivity contribution in [3.05, 3.63) is 17.5 Å². The van der Waals surface area contributed by atoms with Gasteiger partial charge in [0.1, 0.15) is 0 Å². The Morgan fingerprint density at radius 3 is 2.44 bits per heavy atom. The molecule has 2 heterocycles. The van der Waals surface area contributed by atoms with E-state index in [4.69, 9.17) is 0 Å². The van der Waals surface area contributed by atoms with E-state index in [-0.39, 0.29) is 12.4 Å². The molecule has 0 radical (unpaired) electrons. The third-order valence-electron chi connectivity index (χ3n) is 3.18. The Labute approximate surface area is 120 Å². The Morgan fingerprint density at radius 2 is 1.83 bits per heavy atom. The number of halogens is 1. The molecule has 102 valence electrons. The van der Waals surface area contributed by atoms with Gasteiger partial charge in [-0.15, -0.1) is 12.4 Å². The van der Waals surface area contributed by atoms with Gasteiger partial charge in [-0.3, -0.25) is 0 Å². The Morgan fingerprint density at radius 1 is 1.22 bits per heavy atom. The fraction of sp³-hybridized carbons (Fsp3) is 0.692. The van der Waals surface area contributed by atoms with Gasteiger partial charge in [0.15, 0.2) is 5.16 Å². The summed E-state index contributed by atoms with van der Waals surface area (Å²) in [4.78, 5) is 8.91. The standard InChI is InChI=1S/C13H21N3S.ClH/c1-10-9-11(2)16-13(15-10)17-8-5-12-3-6-14-7-4-12;/h9,12,14H,3-8H2,1-2H3;1H. The minimum atomic E-state index is 0. The number of hydrogen-bond donors (Lipinski definition) is 1. The number of aromatic nitrogens is 2. The van der Waals surface area contributed by atoms with Gasteiger partial charge in [0.2, 0.25) is 0 Å². The maximum Gasteiger partial charge on any atom is 0.187 e. The van der Waals surface area contributed by atoms with E-state index in [0.29, 0.717) is 0 Å². The second-order valence-electron chi connectivity index (χ2n) is 4.76. The smallest absolute Gasteiger partial charge is 0.187 e. The quantitative estimate of drug-likeness (QED) is 0.682. The van der Waals surface area contributed by atoms with E-state index in [1.165, 1.54) is 32.4 Å². The van der Waals surface area contributed by atoms with Crippen molar-refractivity contribution in [3.63, 3.8) is 0 Å². The summed E-state index contributed by atoms with van der Waals surface area (Å²) in [6, 6.07) is 2.02. The van der Waals surface area contributed by atoms with Crippen LogP contribution in [0.1, 0.15) is 30.7 Å². The molecule has 1 N–H and O–H groups in total. The van der Waals surface area contributed by atoms with Crippen LogP contribution < -0.4 is 5.32 Å². The van der Waals surface area contributed by atoms with Gasteiger partial charge in [-0.2, -0.15) is 0 Å². The molecule has 1 aromatic heterocycles. The number of thioether (sulfide) groups is 1. The fourth-order valence-electron chi connectivity index (χ4n) is 2.25. The van der Waals surface area contributed by atoms with Gasteiger partial charge < -0.3 is 5.32 Å². The van der Waals surface area contributed by atoms with Crippen molar-refractivity contribution in [3.8, 4) is 0 Å². The van der Waals surface area contributed by atoms with E-state index < -0.39 is 0 Å². The zero-order valence-electron chi connectivity index (χ0n) is 11.1. The molecule has 0 bridgehead atoms. The Balaban J connectivity index is 0.00000162. The van der Waals surface area contributed by atoms with Crippen LogP contribution in [-0.2, 0) is 0 Å². The molecule has 5 heteroatoms. The SMILES string of the molecule is Cc1cc(C)nc(SCCC2CCNCC2)n1.Cl. The van der Waals surface area contributed by atoms with Crippen LogP contribution in [-0.4, -0.2) is 28.8 Å². The lowest BCUT2D eigenvalue weighted by Gasteiger charge is -2.21. The van der Waals surface area contributed by atoms with Gasteiger partial charge >= 0.3 is 0 Å². The highest BCUT2D eigenvalue weighted by molar-refractivity contribution is 7.99. The van der Waals surface area contributed by atoms with E-state index in [2.05, 4.69) is 15.3 Å². The molecule has 0 aliphatic carbocycles. The van der Waals surface area contributed by atoms with Crippen molar-refractivity contribution >= 4 is 24.2 Å². The predicted molar refractivity (Wildman–Crippen MR) is 79.7 cm³/mol. The molecule has 0 aromatic carbocycles. The first-order chi connectivity index (χ1) is 8.24. The van der Waals surface area contributed by atoms with E-state index in [9.17, 15) is 0 Å². The number of piperidine rings is 1. The van der Waals surface area contributed by atoms with Crippen molar-refractivity contribution in [2.24, 2.45) is 5.92 Å². The number of rotatable bonds is 4. The topological polar surface area (TPSA) is 37.8 Å². The lowest BCUT2D eigenvalue weighted by molar-refractivity contribution is 0.367. The van der Waals surface area contributed by atoms with Crippen molar-refractivity contribution in [1.29, 1.82) is 0 Å². The molecule has 2 rings (SSSR count). The van der Waals surface area contributed by atoms with Crippen LogP contribution in [0.4, 0.5) is 0 Å². The van der Waals surface area contributed by atoms with E-state index in [0.717, 1.165) is 28.2 Å². The molecular weight excluding hydrogens is 266 g/mol. The van der Waals surface area contributed by atoms with E-state index >= 15 is 0 Å². The monoisotopic (exact) mass is 287 g/mol. The lowest BCUT2D eigenvalue weighted by Crippen LogP contribution is -2.27. The molecule has 3 nitrogen and oxygen atoms in total. The summed E-state index contributed by atoms with van der Waals surface area (Å²) in [5.41, 5.74) is 2.14. The second-order valence-corrected chi connectivity index (χ2v) is 5.83. The number of nitrogens with zero attached hydrogens (tertiary/aromatic N) is 2. The number of aryl methyl sites for hydroxylation is 2. The molecule has 1 fully saturated rings. The Bertz CT molecular complexity index is 347. The van der Waals surface area contributed by atoms with Gasteiger partial charge in [0.05, 0.1) is 0 Å². The zero-order valence-corrected chi connectivity index (χ0v) is 12.7. The van der Waals surface area contributed by atoms with Crippen LogP contribution in [0.25, 0.3) is 0 Å². The third-order valence-corrected chi connectivity index (χ3v) is 4.06. The van der Waals surface area contributed by atoms with E-state index in [1.807, 2.05) is 19.9 Å². The predicted octanol–water partition coefficient (Wildman–Crippen LogP) is 3.00. The van der Waals surface area contributed by atoms with Crippen molar-refractivity contribution in [1.82, 2.24) is 15.3 Å². The molecular formula is C13H22ClN3S. The second kappa shape index (κ2) is 7.97. The summed E-state index contributed by atoms with van der Waals surface area (Å²) in [7, 11) is 0. The van der Waals surface area contributed by atoms with Crippen LogP contribution >= 0.6 is 24.2 Å². The number of hydrogen-bond acceptors (Lipinski definition) is 4. The third kappa shape index (κ3) is 5.12. The number of nitrogens with one attached hydrogen (secondary N) is 1. The summed E-state index contributed by atoms with van der Waals surface area (Å²) < 4.78 is 0. The Hall–Kier alpha value is -0.320. The molecule has 1 aliphatic heterocycles. The van der Waals surface area contributed by atoms with Gasteiger partial charge in [0.25, 0.3) is 0 Å². The lowest BCUT2D eigenvalue weighted by atomic mass is 9.96. The average molecular weight is 288 g/mol. The van der Waals surface area contributed by atoms with Crippen molar-refractivity contribution < 1.29 is 0 Å². The highest BCUT2D eigenvalue weighted by Gasteiger charge is 2.12. The van der Waals surface area contributed by atoms with Crippen molar-refractivity contribution in [2.45, 2.75) is 38.3 Å². The minimum Gasteiger partial charge on any atom is -0.317 e. The Kier molecular flexibility index (Phi) is 6.97. The minimum absolute atomic E-state index is 0. The summed E-state index contributed by atoms with van der Waals surface area (Å²) in [6.07, 6.45) is 3.95. The van der Waals surface area contributed by atoms with Crippen LogP contribution in [0.5, 0.6) is 0 Å². The average Bonchev–Trinajstić information content (AvgIpc) is 2.29. The summed E-state index contributed by atoms with van der Waals surface area (Å²) in [5, 5.41) is 4.35. The van der Waals surface area contributed by atoms with E-state index in [1.54, 1.807) is 11.8 Å². The van der Waals surface area contributed by atoms with Crippen LogP contribution in [0.3, 0.4) is 0 Å². The molecule has 0 saturated carbocycles. The first-order valence-corrected chi connectivity index (χ1v) is 7.38. The molecule has 1 aromatic rings. The molecule has 1 saturated heterocycles. The first-order valence-electron chi connectivity index (χ1n) is 6.40. The van der Waals surface area contributed by atoms with Gasteiger partial charge in [-0.1, -0.05) is 11.8 Å². The first kappa shape index (κ1) is 15.7. The zero-order chi connectivity index (χ0) is 12.1. The van der Waals surface area contributed by atoms with Crippen LogP contribution in [0.2, 0.25) is 0 Å². The maximum atomic E-state index is 4.46. The van der Waals surface area contributed by atoms with Crippen molar-refractivity contribution in [2.75, 3.05) is 18.8 Å². The molecule has 0 atom stereocenters. The molecule has 1 aliphatic rings. The van der Waals surface area contributed by atoms with Gasteiger partial charge in [-0.05, 0) is 58.2 Å². The van der Waals surface area contributed by atoms with Crippen LogP contribution in [0, 0.1) is 19.8 Å².